The highest BCUT2D eigenvalue weighted by atomic mass is 16.5. The van der Waals surface area contributed by atoms with Crippen LogP contribution in [-0.4, -0.2) is 25.8 Å². The van der Waals surface area contributed by atoms with Crippen LogP contribution in [0.15, 0.2) is 23.8 Å². The number of allylic oxidation sites excluding steroid dienone is 1. The van der Waals surface area contributed by atoms with Crippen LogP contribution in [0.1, 0.15) is 51.5 Å². The van der Waals surface area contributed by atoms with Crippen molar-refractivity contribution in [1.29, 1.82) is 0 Å². The first kappa shape index (κ1) is 16.5. The minimum absolute atomic E-state index is 0.0475. The standard InChI is InChI=1S/C21H26O4/c1-4-21-10-9-15-16-6-5-14(23-3)11-19(16)24-12-17(15)18(21)7-8-20(21)25-13(2)22/h5-6,11,18,20H,4,7-10,12H2,1-3H3/t18-,20+,21+/m1/s1. The number of fused-ring (bicyclic) bond motifs is 4. The molecule has 3 atom stereocenters. The molecule has 134 valence electrons. The van der Waals surface area contributed by atoms with Crippen LogP contribution in [0.2, 0.25) is 0 Å². The van der Waals surface area contributed by atoms with Gasteiger partial charge in [0, 0.05) is 24.0 Å². The molecule has 3 aliphatic rings. The highest BCUT2D eigenvalue weighted by Crippen LogP contribution is 2.60. The van der Waals surface area contributed by atoms with Gasteiger partial charge in [0.05, 0.1) is 7.11 Å². The monoisotopic (exact) mass is 342 g/mol. The summed E-state index contributed by atoms with van der Waals surface area (Å²) in [4.78, 5) is 11.6. The molecule has 4 nitrogen and oxygen atoms in total. The quantitative estimate of drug-likeness (QED) is 0.765. The first-order chi connectivity index (χ1) is 12.1. The van der Waals surface area contributed by atoms with E-state index in [1.54, 1.807) is 7.11 Å². The second-order valence-corrected chi connectivity index (χ2v) is 7.47. The lowest BCUT2D eigenvalue weighted by molar-refractivity contribution is -0.153. The Morgan fingerprint density at radius 3 is 2.92 bits per heavy atom. The van der Waals surface area contributed by atoms with Crippen molar-refractivity contribution in [3.8, 4) is 11.5 Å². The van der Waals surface area contributed by atoms with Gasteiger partial charge in [0.25, 0.3) is 0 Å². The average Bonchev–Trinajstić information content (AvgIpc) is 2.99. The van der Waals surface area contributed by atoms with Crippen molar-refractivity contribution in [1.82, 2.24) is 0 Å². The molecule has 0 N–H and O–H groups in total. The molecule has 0 amide bonds. The van der Waals surface area contributed by atoms with E-state index in [1.165, 1.54) is 23.6 Å². The van der Waals surface area contributed by atoms with Crippen molar-refractivity contribution >= 4 is 11.5 Å². The smallest absolute Gasteiger partial charge is 0.302 e. The van der Waals surface area contributed by atoms with Gasteiger partial charge in [0.15, 0.2) is 0 Å². The van der Waals surface area contributed by atoms with Gasteiger partial charge in [-0.15, -0.1) is 0 Å². The van der Waals surface area contributed by atoms with Crippen LogP contribution in [0.25, 0.3) is 5.57 Å². The molecule has 1 aliphatic heterocycles. The highest BCUT2D eigenvalue weighted by molar-refractivity contribution is 5.77. The summed E-state index contributed by atoms with van der Waals surface area (Å²) in [7, 11) is 1.68. The van der Waals surface area contributed by atoms with E-state index in [1.807, 2.05) is 12.1 Å². The van der Waals surface area contributed by atoms with Crippen molar-refractivity contribution in [2.75, 3.05) is 13.7 Å². The van der Waals surface area contributed by atoms with Gasteiger partial charge in [0.2, 0.25) is 0 Å². The minimum atomic E-state index is -0.157. The number of benzene rings is 1. The summed E-state index contributed by atoms with van der Waals surface area (Å²) >= 11 is 0. The molecular formula is C21H26O4. The number of hydrogen-bond acceptors (Lipinski definition) is 4. The molecule has 2 aliphatic carbocycles. The number of carbonyl (C=O) groups excluding carboxylic acids is 1. The third-order valence-electron chi connectivity index (χ3n) is 6.56. The second-order valence-electron chi connectivity index (χ2n) is 7.47. The summed E-state index contributed by atoms with van der Waals surface area (Å²) in [5.41, 5.74) is 4.17. The van der Waals surface area contributed by atoms with Crippen LogP contribution in [0.5, 0.6) is 11.5 Å². The summed E-state index contributed by atoms with van der Waals surface area (Å²) in [5, 5.41) is 0. The first-order valence-corrected chi connectivity index (χ1v) is 9.29. The minimum Gasteiger partial charge on any atom is -0.497 e. The Hall–Kier alpha value is -1.97. The Balaban J connectivity index is 1.73. The van der Waals surface area contributed by atoms with E-state index in [2.05, 4.69) is 13.0 Å². The SMILES string of the molecule is CC[C@]12CCC3=C(COc4cc(OC)ccc43)[C@H]1CC[C@@H]2OC(C)=O. The highest BCUT2D eigenvalue weighted by Gasteiger charge is 2.54. The van der Waals surface area contributed by atoms with Gasteiger partial charge in [-0.3, -0.25) is 4.79 Å². The Morgan fingerprint density at radius 1 is 1.36 bits per heavy atom. The molecule has 0 aromatic heterocycles. The summed E-state index contributed by atoms with van der Waals surface area (Å²) < 4.78 is 17.2. The molecule has 1 heterocycles. The lowest BCUT2D eigenvalue weighted by Crippen LogP contribution is -2.42. The molecule has 25 heavy (non-hydrogen) atoms. The maximum absolute atomic E-state index is 11.6. The zero-order valence-electron chi connectivity index (χ0n) is 15.3. The van der Waals surface area contributed by atoms with Crippen LogP contribution < -0.4 is 9.47 Å². The number of rotatable bonds is 3. The zero-order chi connectivity index (χ0) is 17.6. The zero-order valence-corrected chi connectivity index (χ0v) is 15.3. The number of ether oxygens (including phenoxy) is 3. The molecule has 1 fully saturated rings. The van der Waals surface area contributed by atoms with Crippen molar-refractivity contribution in [3.05, 3.63) is 29.3 Å². The predicted octanol–water partition coefficient (Wildman–Crippen LogP) is 4.37. The van der Waals surface area contributed by atoms with Gasteiger partial charge in [-0.2, -0.15) is 0 Å². The number of carbonyl (C=O) groups is 1. The Bertz CT molecular complexity index is 735. The molecule has 4 rings (SSSR count). The Kier molecular flexibility index (Phi) is 4.01. The summed E-state index contributed by atoms with van der Waals surface area (Å²) in [5.74, 6) is 2.06. The molecule has 0 bridgehead atoms. The van der Waals surface area contributed by atoms with E-state index < -0.39 is 0 Å². The van der Waals surface area contributed by atoms with E-state index in [0.29, 0.717) is 12.5 Å². The first-order valence-electron chi connectivity index (χ1n) is 9.29. The predicted molar refractivity (Wildman–Crippen MR) is 95.6 cm³/mol. The van der Waals surface area contributed by atoms with Gasteiger partial charge < -0.3 is 14.2 Å². The van der Waals surface area contributed by atoms with Crippen molar-refractivity contribution < 1.29 is 19.0 Å². The van der Waals surface area contributed by atoms with E-state index in [0.717, 1.165) is 43.6 Å². The Morgan fingerprint density at radius 2 is 2.20 bits per heavy atom. The van der Waals surface area contributed by atoms with Crippen LogP contribution >= 0.6 is 0 Å². The summed E-state index contributed by atoms with van der Waals surface area (Å²) in [6.07, 6.45) is 5.24. The third-order valence-corrected chi connectivity index (χ3v) is 6.56. The topological polar surface area (TPSA) is 44.8 Å². The fourth-order valence-corrected chi connectivity index (χ4v) is 5.38. The fraction of sp³-hybridized carbons (Fsp3) is 0.571. The van der Waals surface area contributed by atoms with Crippen molar-refractivity contribution in [3.63, 3.8) is 0 Å². The van der Waals surface area contributed by atoms with Crippen molar-refractivity contribution in [2.24, 2.45) is 11.3 Å². The molecular weight excluding hydrogens is 316 g/mol. The van der Waals surface area contributed by atoms with Gasteiger partial charge in [-0.1, -0.05) is 6.92 Å². The number of esters is 1. The van der Waals surface area contributed by atoms with E-state index >= 15 is 0 Å². The lowest BCUT2D eigenvalue weighted by Gasteiger charge is -2.45. The van der Waals surface area contributed by atoms with E-state index in [9.17, 15) is 4.79 Å². The summed E-state index contributed by atoms with van der Waals surface area (Å²) in [6.45, 7) is 4.41. The molecule has 0 unspecified atom stereocenters. The molecule has 1 aromatic carbocycles. The van der Waals surface area contributed by atoms with E-state index in [-0.39, 0.29) is 17.5 Å². The average molecular weight is 342 g/mol. The van der Waals surface area contributed by atoms with Crippen molar-refractivity contribution in [2.45, 2.75) is 52.1 Å². The molecule has 0 spiro atoms. The molecule has 1 saturated carbocycles. The van der Waals surface area contributed by atoms with Crippen LogP contribution in [0.3, 0.4) is 0 Å². The maximum atomic E-state index is 11.6. The Labute approximate surface area is 149 Å². The second kappa shape index (κ2) is 6.08. The number of hydrogen-bond donors (Lipinski definition) is 0. The van der Waals surface area contributed by atoms with Gasteiger partial charge >= 0.3 is 5.97 Å². The van der Waals surface area contributed by atoms with E-state index in [4.69, 9.17) is 14.2 Å². The van der Waals surface area contributed by atoms with Crippen LogP contribution in [-0.2, 0) is 9.53 Å². The van der Waals surface area contributed by atoms with Gasteiger partial charge in [-0.05, 0) is 61.3 Å². The summed E-state index contributed by atoms with van der Waals surface area (Å²) in [6, 6.07) is 6.12. The van der Waals surface area contributed by atoms with Gasteiger partial charge in [0.1, 0.15) is 24.2 Å². The van der Waals surface area contributed by atoms with Gasteiger partial charge in [-0.25, -0.2) is 0 Å². The maximum Gasteiger partial charge on any atom is 0.302 e. The van der Waals surface area contributed by atoms with Crippen LogP contribution in [0.4, 0.5) is 0 Å². The third kappa shape index (κ3) is 2.45. The normalized spacial score (nSPS) is 30.0. The largest absolute Gasteiger partial charge is 0.497 e. The molecule has 0 radical (unpaired) electrons. The fourth-order valence-electron chi connectivity index (χ4n) is 5.38. The molecule has 4 heteroatoms. The lowest BCUT2D eigenvalue weighted by atomic mass is 9.62. The van der Waals surface area contributed by atoms with Crippen LogP contribution in [0, 0.1) is 11.3 Å². The molecule has 1 aromatic rings. The number of methoxy groups -OCH3 is 1. The molecule has 0 saturated heterocycles.